The summed E-state index contributed by atoms with van der Waals surface area (Å²) in [5.41, 5.74) is 8.55. The molecule has 2 aromatic rings. The number of benzene rings is 2. The summed E-state index contributed by atoms with van der Waals surface area (Å²) in [6.07, 6.45) is 3.37. The van der Waals surface area contributed by atoms with Gasteiger partial charge in [0.05, 0.1) is 7.11 Å². The molecule has 120 valence electrons. The molecule has 23 heavy (non-hydrogen) atoms. The van der Waals surface area contributed by atoms with Crippen molar-refractivity contribution in [1.29, 1.82) is 0 Å². The molecule has 0 aliphatic carbocycles. The summed E-state index contributed by atoms with van der Waals surface area (Å²) in [6.45, 7) is 0.934. The van der Waals surface area contributed by atoms with Crippen LogP contribution < -0.4 is 21.1 Å². The van der Waals surface area contributed by atoms with E-state index in [-0.39, 0.29) is 6.03 Å². The number of rotatable bonds is 6. The maximum Gasteiger partial charge on any atom is 0.319 e. The molecular formula is C18H21N3O2. The number of carbonyl (C=O) groups excluding carboxylic acids is 1. The Kier molecular flexibility index (Phi) is 6.20. The first kappa shape index (κ1) is 16.6. The number of hydrogen-bond acceptors (Lipinski definition) is 3. The van der Waals surface area contributed by atoms with Crippen LogP contribution in [0.1, 0.15) is 16.7 Å². The summed E-state index contributed by atoms with van der Waals surface area (Å²) in [5.74, 6) is 0.754. The molecule has 0 heterocycles. The van der Waals surface area contributed by atoms with Gasteiger partial charge < -0.3 is 21.1 Å². The van der Waals surface area contributed by atoms with Gasteiger partial charge in [-0.1, -0.05) is 42.5 Å². The van der Waals surface area contributed by atoms with E-state index in [2.05, 4.69) is 10.6 Å². The Morgan fingerprint density at radius 1 is 1.17 bits per heavy atom. The molecule has 0 saturated carbocycles. The average Bonchev–Trinajstić information content (AvgIpc) is 2.60. The van der Waals surface area contributed by atoms with Crippen molar-refractivity contribution in [3.05, 3.63) is 71.4 Å². The van der Waals surface area contributed by atoms with Crippen LogP contribution in [0.15, 0.2) is 54.7 Å². The van der Waals surface area contributed by atoms with E-state index in [1.54, 1.807) is 19.4 Å². The molecule has 2 aromatic carbocycles. The quantitative estimate of drug-likeness (QED) is 0.767. The van der Waals surface area contributed by atoms with E-state index >= 15 is 0 Å². The van der Waals surface area contributed by atoms with Gasteiger partial charge in [-0.3, -0.25) is 0 Å². The van der Waals surface area contributed by atoms with E-state index in [0.717, 1.165) is 22.4 Å². The van der Waals surface area contributed by atoms with Gasteiger partial charge in [-0.05, 0) is 23.3 Å². The molecule has 0 radical (unpaired) electrons. The van der Waals surface area contributed by atoms with Crippen molar-refractivity contribution in [1.82, 2.24) is 10.6 Å². The van der Waals surface area contributed by atoms with Crippen molar-refractivity contribution in [3.8, 4) is 5.75 Å². The van der Waals surface area contributed by atoms with Crippen LogP contribution in [-0.2, 0) is 13.1 Å². The topological polar surface area (TPSA) is 76.4 Å². The Balaban J connectivity index is 1.84. The van der Waals surface area contributed by atoms with E-state index < -0.39 is 0 Å². The van der Waals surface area contributed by atoms with E-state index in [1.165, 1.54) is 0 Å². The molecule has 0 fully saturated rings. The molecule has 0 aromatic heterocycles. The van der Waals surface area contributed by atoms with E-state index in [1.807, 2.05) is 48.5 Å². The molecule has 2 rings (SSSR count). The standard InChI is InChI=1S/C18H21N3O2/c1-23-17-8-3-2-7-16(17)9-10-20-18(22)21-13-15-6-4-5-14(11-15)12-19/h2-11H,12-13,19H2,1H3,(H2,20,21,22)/b10-9+. The third kappa shape index (κ3) is 5.16. The average molecular weight is 311 g/mol. The molecule has 5 nitrogen and oxygen atoms in total. The summed E-state index contributed by atoms with van der Waals surface area (Å²) in [7, 11) is 1.61. The minimum Gasteiger partial charge on any atom is -0.496 e. The van der Waals surface area contributed by atoms with Crippen LogP contribution in [0, 0.1) is 0 Å². The van der Waals surface area contributed by atoms with Gasteiger partial charge >= 0.3 is 6.03 Å². The first-order valence-corrected chi connectivity index (χ1v) is 7.34. The zero-order valence-electron chi connectivity index (χ0n) is 13.1. The number of methoxy groups -OCH3 is 1. The lowest BCUT2D eigenvalue weighted by atomic mass is 10.1. The fourth-order valence-corrected chi connectivity index (χ4v) is 2.11. The number of hydrogen-bond donors (Lipinski definition) is 3. The molecule has 2 amide bonds. The highest BCUT2D eigenvalue weighted by Crippen LogP contribution is 2.18. The number of carbonyl (C=O) groups is 1. The SMILES string of the molecule is COc1ccccc1/C=C/NC(=O)NCc1cccc(CN)c1. The van der Waals surface area contributed by atoms with Gasteiger partial charge in [0.1, 0.15) is 5.75 Å². The molecule has 4 N–H and O–H groups in total. The maximum atomic E-state index is 11.8. The van der Waals surface area contributed by atoms with Crippen LogP contribution in [0.25, 0.3) is 6.08 Å². The Morgan fingerprint density at radius 3 is 2.74 bits per heavy atom. The van der Waals surface area contributed by atoms with Gasteiger partial charge in [-0.25, -0.2) is 4.79 Å². The number of amides is 2. The fourth-order valence-electron chi connectivity index (χ4n) is 2.11. The van der Waals surface area contributed by atoms with Gasteiger partial charge in [-0.2, -0.15) is 0 Å². The van der Waals surface area contributed by atoms with Crippen molar-refractivity contribution in [3.63, 3.8) is 0 Å². The number of para-hydroxylation sites is 1. The highest BCUT2D eigenvalue weighted by atomic mass is 16.5. The summed E-state index contributed by atoms with van der Waals surface area (Å²) >= 11 is 0. The summed E-state index contributed by atoms with van der Waals surface area (Å²) < 4.78 is 5.24. The Hall–Kier alpha value is -2.79. The molecule has 0 atom stereocenters. The highest BCUT2D eigenvalue weighted by Gasteiger charge is 2.00. The number of nitrogens with one attached hydrogen (secondary N) is 2. The third-order valence-corrected chi connectivity index (χ3v) is 3.30. The largest absolute Gasteiger partial charge is 0.496 e. The van der Waals surface area contributed by atoms with Crippen LogP contribution in [0.5, 0.6) is 5.75 Å². The lowest BCUT2D eigenvalue weighted by Gasteiger charge is -2.07. The number of ether oxygens (including phenoxy) is 1. The summed E-state index contributed by atoms with van der Waals surface area (Å²) in [6, 6.07) is 15.1. The highest BCUT2D eigenvalue weighted by molar-refractivity contribution is 5.76. The zero-order chi connectivity index (χ0) is 16.5. The Bertz CT molecular complexity index is 683. The molecule has 0 aliphatic heterocycles. The summed E-state index contributed by atoms with van der Waals surface area (Å²) in [4.78, 5) is 11.8. The maximum absolute atomic E-state index is 11.8. The van der Waals surface area contributed by atoms with Crippen LogP contribution >= 0.6 is 0 Å². The van der Waals surface area contributed by atoms with Gasteiger partial charge in [0, 0.05) is 24.9 Å². The van der Waals surface area contributed by atoms with E-state index in [4.69, 9.17) is 10.5 Å². The lowest BCUT2D eigenvalue weighted by molar-refractivity contribution is 0.244. The first-order chi connectivity index (χ1) is 11.2. The normalized spacial score (nSPS) is 10.5. The molecule has 0 bridgehead atoms. The number of nitrogens with two attached hydrogens (primary N) is 1. The van der Waals surface area contributed by atoms with Crippen molar-refractivity contribution >= 4 is 12.1 Å². The van der Waals surface area contributed by atoms with Gasteiger partial charge in [0.25, 0.3) is 0 Å². The van der Waals surface area contributed by atoms with Crippen molar-refractivity contribution < 1.29 is 9.53 Å². The zero-order valence-corrected chi connectivity index (χ0v) is 13.1. The molecule has 0 saturated heterocycles. The second kappa shape index (κ2) is 8.60. The first-order valence-electron chi connectivity index (χ1n) is 7.34. The van der Waals surface area contributed by atoms with E-state index in [0.29, 0.717) is 13.1 Å². The van der Waals surface area contributed by atoms with Crippen molar-refractivity contribution in [2.45, 2.75) is 13.1 Å². The number of urea groups is 1. The van der Waals surface area contributed by atoms with Crippen LogP contribution in [-0.4, -0.2) is 13.1 Å². The molecule has 0 unspecified atom stereocenters. The predicted molar refractivity (Wildman–Crippen MR) is 91.7 cm³/mol. The van der Waals surface area contributed by atoms with Crippen LogP contribution in [0.3, 0.4) is 0 Å². The minimum atomic E-state index is -0.269. The molecule has 5 heteroatoms. The molecule has 0 aliphatic rings. The van der Waals surface area contributed by atoms with E-state index in [9.17, 15) is 4.79 Å². The summed E-state index contributed by atoms with van der Waals surface area (Å²) in [5, 5.41) is 5.46. The molecule has 0 spiro atoms. The van der Waals surface area contributed by atoms with Crippen molar-refractivity contribution in [2.24, 2.45) is 5.73 Å². The predicted octanol–water partition coefficient (Wildman–Crippen LogP) is 2.62. The Labute approximate surface area is 136 Å². The monoisotopic (exact) mass is 311 g/mol. The lowest BCUT2D eigenvalue weighted by Crippen LogP contribution is -2.31. The Morgan fingerprint density at radius 2 is 1.96 bits per heavy atom. The second-order valence-electron chi connectivity index (χ2n) is 4.93. The van der Waals surface area contributed by atoms with Gasteiger partial charge in [0.15, 0.2) is 0 Å². The van der Waals surface area contributed by atoms with Crippen molar-refractivity contribution in [2.75, 3.05) is 7.11 Å². The minimum absolute atomic E-state index is 0.269. The third-order valence-electron chi connectivity index (χ3n) is 3.30. The van der Waals surface area contributed by atoms with Gasteiger partial charge in [-0.15, -0.1) is 0 Å². The molecular weight excluding hydrogens is 290 g/mol. The van der Waals surface area contributed by atoms with Crippen LogP contribution in [0.4, 0.5) is 4.79 Å². The van der Waals surface area contributed by atoms with Gasteiger partial charge in [0.2, 0.25) is 0 Å². The fraction of sp³-hybridized carbons (Fsp3) is 0.167. The van der Waals surface area contributed by atoms with Crippen LogP contribution in [0.2, 0.25) is 0 Å². The smallest absolute Gasteiger partial charge is 0.319 e. The second-order valence-corrected chi connectivity index (χ2v) is 4.93.